The molecule has 0 amide bonds. The van der Waals surface area contributed by atoms with Gasteiger partial charge in [-0.3, -0.25) is 0 Å². The number of hydrogen-bond acceptors (Lipinski definition) is 4. The highest BCUT2D eigenvalue weighted by Gasteiger charge is 2.51. The van der Waals surface area contributed by atoms with Crippen LogP contribution in [-0.4, -0.2) is 30.5 Å². The third-order valence-electron chi connectivity index (χ3n) is 4.67. The zero-order valence-electron chi connectivity index (χ0n) is 15.0. The second kappa shape index (κ2) is 5.71. The van der Waals surface area contributed by atoms with E-state index in [1.807, 2.05) is 32.0 Å². The normalized spacial score (nSPS) is 22.5. The van der Waals surface area contributed by atoms with Gasteiger partial charge in [0, 0.05) is 0 Å². The second-order valence-corrected chi connectivity index (χ2v) is 7.78. The average molecular weight is 318 g/mol. The van der Waals surface area contributed by atoms with E-state index in [9.17, 15) is 0 Å². The average Bonchev–Trinajstić information content (AvgIpc) is 3.18. The van der Waals surface area contributed by atoms with Crippen molar-refractivity contribution in [3.63, 3.8) is 0 Å². The van der Waals surface area contributed by atoms with Crippen LogP contribution in [0.4, 0.5) is 0 Å². The van der Waals surface area contributed by atoms with E-state index in [0.29, 0.717) is 6.10 Å². The van der Waals surface area contributed by atoms with E-state index in [1.54, 1.807) is 0 Å². The highest BCUT2D eigenvalue weighted by molar-refractivity contribution is 6.62. The maximum atomic E-state index is 6.12. The molecule has 2 fully saturated rings. The van der Waals surface area contributed by atoms with Crippen molar-refractivity contribution in [2.24, 2.45) is 0 Å². The Hall–Kier alpha value is -1.20. The van der Waals surface area contributed by atoms with Crippen LogP contribution in [0.5, 0.6) is 11.5 Å². The Morgan fingerprint density at radius 2 is 1.65 bits per heavy atom. The molecular weight excluding hydrogens is 291 g/mol. The lowest BCUT2D eigenvalue weighted by Crippen LogP contribution is -2.41. The second-order valence-electron chi connectivity index (χ2n) is 7.78. The Bertz CT molecular complexity index is 562. The van der Waals surface area contributed by atoms with Gasteiger partial charge in [-0.2, -0.15) is 0 Å². The molecular formula is C18H27BO4. The standard InChI is InChI=1S/C18H27BO4/c1-12(2)20-16-11-13(7-10-15(16)21-14-8-9-14)19-22-17(3,4)18(5,6)23-19/h7,10-12,14H,8-9H2,1-6H3. The van der Waals surface area contributed by atoms with Crippen LogP contribution in [0.2, 0.25) is 0 Å². The molecule has 4 nitrogen and oxygen atoms in total. The molecule has 1 aromatic rings. The molecule has 1 saturated heterocycles. The SMILES string of the molecule is CC(C)Oc1cc(B2OC(C)(C)C(C)(C)O2)ccc1OC1CC1. The summed E-state index contributed by atoms with van der Waals surface area (Å²) in [7, 11) is -0.385. The van der Waals surface area contributed by atoms with Gasteiger partial charge in [-0.15, -0.1) is 0 Å². The summed E-state index contributed by atoms with van der Waals surface area (Å²) in [5.41, 5.74) is 0.266. The van der Waals surface area contributed by atoms with Crippen LogP contribution in [0.3, 0.4) is 0 Å². The first-order valence-corrected chi connectivity index (χ1v) is 8.51. The van der Waals surface area contributed by atoms with Gasteiger partial charge in [-0.25, -0.2) is 0 Å². The molecule has 3 rings (SSSR count). The first kappa shape index (κ1) is 16.7. The molecule has 1 saturated carbocycles. The first-order chi connectivity index (χ1) is 10.7. The zero-order chi connectivity index (χ0) is 16.8. The maximum absolute atomic E-state index is 6.12. The summed E-state index contributed by atoms with van der Waals surface area (Å²) in [6.45, 7) is 12.3. The van der Waals surface area contributed by atoms with Crippen molar-refractivity contribution in [3.05, 3.63) is 18.2 Å². The smallest absolute Gasteiger partial charge is 0.487 e. The van der Waals surface area contributed by atoms with Crippen molar-refractivity contribution in [2.75, 3.05) is 0 Å². The predicted molar refractivity (Wildman–Crippen MR) is 91.6 cm³/mol. The molecule has 0 N–H and O–H groups in total. The van der Waals surface area contributed by atoms with Gasteiger partial charge in [0.05, 0.1) is 23.4 Å². The Balaban J connectivity index is 1.85. The number of ether oxygens (including phenoxy) is 2. The fourth-order valence-corrected chi connectivity index (χ4v) is 2.46. The molecule has 1 aliphatic carbocycles. The van der Waals surface area contributed by atoms with E-state index < -0.39 is 0 Å². The number of hydrogen-bond donors (Lipinski definition) is 0. The molecule has 0 unspecified atom stereocenters. The lowest BCUT2D eigenvalue weighted by Gasteiger charge is -2.32. The first-order valence-electron chi connectivity index (χ1n) is 8.51. The Labute approximate surface area is 139 Å². The van der Waals surface area contributed by atoms with Crippen molar-refractivity contribution >= 4 is 12.6 Å². The van der Waals surface area contributed by atoms with Crippen LogP contribution in [-0.2, 0) is 9.31 Å². The highest BCUT2D eigenvalue weighted by atomic mass is 16.7. The fourth-order valence-electron chi connectivity index (χ4n) is 2.46. The Kier molecular flexibility index (Phi) is 4.13. The van der Waals surface area contributed by atoms with E-state index in [1.165, 1.54) is 0 Å². The summed E-state index contributed by atoms with van der Waals surface area (Å²) in [6.07, 6.45) is 2.68. The highest BCUT2D eigenvalue weighted by Crippen LogP contribution is 2.38. The molecule has 5 heteroatoms. The molecule has 23 heavy (non-hydrogen) atoms. The Morgan fingerprint density at radius 1 is 1.04 bits per heavy atom. The van der Waals surface area contributed by atoms with E-state index in [0.717, 1.165) is 29.8 Å². The minimum Gasteiger partial charge on any atom is -0.487 e. The topological polar surface area (TPSA) is 36.9 Å². The molecule has 0 radical (unpaired) electrons. The molecule has 0 aromatic heterocycles. The fraction of sp³-hybridized carbons (Fsp3) is 0.667. The zero-order valence-corrected chi connectivity index (χ0v) is 15.0. The molecule has 1 aliphatic heterocycles. The van der Waals surface area contributed by atoms with Crippen LogP contribution >= 0.6 is 0 Å². The predicted octanol–water partition coefficient (Wildman–Crippen LogP) is 3.31. The monoisotopic (exact) mass is 318 g/mol. The van der Waals surface area contributed by atoms with Crippen molar-refractivity contribution in [1.29, 1.82) is 0 Å². The lowest BCUT2D eigenvalue weighted by atomic mass is 9.79. The molecule has 0 spiro atoms. The van der Waals surface area contributed by atoms with Crippen LogP contribution in [0.25, 0.3) is 0 Å². The van der Waals surface area contributed by atoms with Crippen molar-refractivity contribution in [2.45, 2.75) is 77.8 Å². The third kappa shape index (κ3) is 3.51. The van der Waals surface area contributed by atoms with Crippen LogP contribution in [0.15, 0.2) is 18.2 Å². The van der Waals surface area contributed by atoms with E-state index >= 15 is 0 Å². The van der Waals surface area contributed by atoms with Crippen LogP contribution in [0, 0.1) is 0 Å². The van der Waals surface area contributed by atoms with E-state index in [-0.39, 0.29) is 24.4 Å². The quantitative estimate of drug-likeness (QED) is 0.781. The summed E-state index contributed by atoms with van der Waals surface area (Å²) in [4.78, 5) is 0. The minimum absolute atomic E-state index is 0.0881. The minimum atomic E-state index is -0.385. The number of rotatable bonds is 5. The summed E-state index contributed by atoms with van der Waals surface area (Å²) in [5.74, 6) is 1.57. The van der Waals surface area contributed by atoms with Gasteiger partial charge in [0.25, 0.3) is 0 Å². The van der Waals surface area contributed by atoms with Gasteiger partial charge in [-0.05, 0) is 72.0 Å². The van der Waals surface area contributed by atoms with E-state index in [4.69, 9.17) is 18.8 Å². The van der Waals surface area contributed by atoms with Crippen LogP contribution in [0.1, 0.15) is 54.4 Å². The van der Waals surface area contributed by atoms with Crippen molar-refractivity contribution < 1.29 is 18.8 Å². The van der Waals surface area contributed by atoms with Gasteiger partial charge in [0.15, 0.2) is 11.5 Å². The van der Waals surface area contributed by atoms with Crippen LogP contribution < -0.4 is 14.9 Å². The molecule has 0 bridgehead atoms. The molecule has 0 atom stereocenters. The summed E-state index contributed by atoms with van der Waals surface area (Å²) >= 11 is 0. The largest absolute Gasteiger partial charge is 0.494 e. The molecule has 1 aromatic carbocycles. The van der Waals surface area contributed by atoms with Gasteiger partial charge in [-0.1, -0.05) is 6.07 Å². The van der Waals surface area contributed by atoms with Crippen molar-refractivity contribution in [1.82, 2.24) is 0 Å². The summed E-state index contributed by atoms with van der Waals surface area (Å²) in [6, 6.07) is 5.96. The van der Waals surface area contributed by atoms with Gasteiger partial charge in [0.2, 0.25) is 0 Å². The summed E-state index contributed by atoms with van der Waals surface area (Å²) in [5, 5.41) is 0. The molecule has 2 aliphatic rings. The Morgan fingerprint density at radius 3 is 2.17 bits per heavy atom. The molecule has 1 heterocycles. The van der Waals surface area contributed by atoms with Crippen molar-refractivity contribution in [3.8, 4) is 11.5 Å². The lowest BCUT2D eigenvalue weighted by molar-refractivity contribution is 0.00578. The third-order valence-corrected chi connectivity index (χ3v) is 4.67. The van der Waals surface area contributed by atoms with Gasteiger partial charge in [0.1, 0.15) is 0 Å². The van der Waals surface area contributed by atoms with E-state index in [2.05, 4.69) is 27.7 Å². The molecule has 126 valence electrons. The summed E-state index contributed by atoms with van der Waals surface area (Å²) < 4.78 is 24.1. The van der Waals surface area contributed by atoms with Gasteiger partial charge >= 0.3 is 7.12 Å². The maximum Gasteiger partial charge on any atom is 0.494 e. The van der Waals surface area contributed by atoms with Gasteiger partial charge < -0.3 is 18.8 Å². The number of benzene rings is 1.